The summed E-state index contributed by atoms with van der Waals surface area (Å²) in [5, 5.41) is 6.99. The maximum atomic E-state index is 12.6. The molecule has 0 atom stereocenters. The molecule has 0 radical (unpaired) electrons. The minimum absolute atomic E-state index is 0.140. The van der Waals surface area contributed by atoms with Gasteiger partial charge in [-0.2, -0.15) is 5.10 Å². The molecule has 1 N–H and O–H groups in total. The van der Waals surface area contributed by atoms with Crippen LogP contribution in [0.4, 0.5) is 5.82 Å². The molecule has 1 amide bonds. The smallest absolute Gasteiger partial charge is 0.315 e. The molecule has 4 aromatic heterocycles. The van der Waals surface area contributed by atoms with Crippen molar-refractivity contribution in [3.63, 3.8) is 0 Å². The topological polar surface area (TPSA) is 122 Å². The van der Waals surface area contributed by atoms with Crippen molar-refractivity contribution >= 4 is 22.9 Å². The van der Waals surface area contributed by atoms with Gasteiger partial charge in [0.25, 0.3) is 5.56 Å². The summed E-state index contributed by atoms with van der Waals surface area (Å²) < 4.78 is 5.30. The number of amides is 1. The number of hydrogen-bond acceptors (Lipinski definition) is 6. The minimum atomic E-state index is -0.506. The van der Waals surface area contributed by atoms with E-state index in [2.05, 4.69) is 20.4 Å². The fourth-order valence-corrected chi connectivity index (χ4v) is 3.06. The van der Waals surface area contributed by atoms with Gasteiger partial charge >= 0.3 is 5.69 Å². The summed E-state index contributed by atoms with van der Waals surface area (Å²) >= 11 is 0. The summed E-state index contributed by atoms with van der Waals surface area (Å²) in [6.07, 6.45) is 4.64. The van der Waals surface area contributed by atoms with E-state index in [0.29, 0.717) is 12.4 Å². The molecule has 0 saturated carbocycles. The van der Waals surface area contributed by atoms with E-state index < -0.39 is 11.2 Å². The van der Waals surface area contributed by atoms with Crippen molar-refractivity contribution in [2.45, 2.75) is 13.1 Å². The highest BCUT2D eigenvalue weighted by Gasteiger charge is 2.16. The van der Waals surface area contributed by atoms with Crippen molar-refractivity contribution < 1.29 is 4.79 Å². The molecular formula is C18H18N8O3. The maximum absolute atomic E-state index is 12.6. The number of nitrogens with zero attached hydrogens (tertiary/aromatic N) is 7. The van der Waals surface area contributed by atoms with Crippen LogP contribution in [0, 0.1) is 0 Å². The summed E-state index contributed by atoms with van der Waals surface area (Å²) in [5.74, 6) is 0.147. The number of carbonyl (C=O) groups excluding carboxylic acids is 1. The van der Waals surface area contributed by atoms with Crippen molar-refractivity contribution in [2.24, 2.45) is 14.1 Å². The van der Waals surface area contributed by atoms with E-state index in [4.69, 9.17) is 0 Å². The average Bonchev–Trinajstić information content (AvgIpc) is 3.32. The van der Waals surface area contributed by atoms with Gasteiger partial charge in [0.05, 0.1) is 24.8 Å². The molecule has 0 aliphatic rings. The maximum Gasteiger partial charge on any atom is 0.332 e. The standard InChI is InChI=1S/C18H18N8O3/c1-23-16-15(17(28)24(2)18(23)29)25(11-20-16)10-14(27)22-13-6-8-21-26(13)9-12-5-3-4-7-19-12/h3-8,11H,9-10H2,1-2H3,(H,22,27). The van der Waals surface area contributed by atoms with Gasteiger partial charge in [0.15, 0.2) is 11.2 Å². The Labute approximate surface area is 163 Å². The van der Waals surface area contributed by atoms with Crippen molar-refractivity contribution in [1.82, 2.24) is 33.4 Å². The highest BCUT2D eigenvalue weighted by molar-refractivity contribution is 5.90. The third kappa shape index (κ3) is 3.33. The van der Waals surface area contributed by atoms with Crippen LogP contribution < -0.4 is 16.6 Å². The van der Waals surface area contributed by atoms with Crippen LogP contribution in [-0.4, -0.2) is 39.4 Å². The zero-order chi connectivity index (χ0) is 20.5. The molecule has 0 aliphatic carbocycles. The monoisotopic (exact) mass is 394 g/mol. The molecule has 11 heteroatoms. The third-order valence-corrected chi connectivity index (χ3v) is 4.55. The quantitative estimate of drug-likeness (QED) is 0.497. The van der Waals surface area contributed by atoms with Gasteiger partial charge in [-0.15, -0.1) is 0 Å². The predicted molar refractivity (Wildman–Crippen MR) is 104 cm³/mol. The van der Waals surface area contributed by atoms with Crippen LogP contribution in [0.2, 0.25) is 0 Å². The summed E-state index contributed by atoms with van der Waals surface area (Å²) in [6.45, 7) is 0.263. The molecule has 0 fully saturated rings. The van der Waals surface area contributed by atoms with Crippen LogP contribution in [0.15, 0.2) is 52.6 Å². The number of rotatable bonds is 5. The number of nitrogens with one attached hydrogen (secondary N) is 1. The Hall–Kier alpha value is -4.02. The largest absolute Gasteiger partial charge is 0.332 e. The van der Waals surface area contributed by atoms with E-state index in [1.807, 2.05) is 18.2 Å². The van der Waals surface area contributed by atoms with Crippen LogP contribution in [-0.2, 0) is 32.0 Å². The number of pyridine rings is 1. The first-order valence-electron chi connectivity index (χ1n) is 8.78. The molecule has 0 aromatic carbocycles. The van der Waals surface area contributed by atoms with Gasteiger partial charge in [-0.05, 0) is 12.1 Å². The number of fused-ring (bicyclic) bond motifs is 1. The molecule has 4 rings (SSSR count). The van der Waals surface area contributed by atoms with Crippen molar-refractivity contribution in [3.05, 3.63) is 69.5 Å². The van der Waals surface area contributed by atoms with Gasteiger partial charge in [-0.3, -0.25) is 23.7 Å². The Kier molecular flexibility index (Phi) is 4.55. The number of carbonyl (C=O) groups is 1. The third-order valence-electron chi connectivity index (χ3n) is 4.55. The fraction of sp³-hybridized carbons (Fsp3) is 0.222. The lowest BCUT2D eigenvalue weighted by Crippen LogP contribution is -2.37. The molecule has 0 spiro atoms. The summed E-state index contributed by atoms with van der Waals surface area (Å²) in [6, 6.07) is 7.24. The summed E-state index contributed by atoms with van der Waals surface area (Å²) in [4.78, 5) is 45.4. The average molecular weight is 394 g/mol. The van der Waals surface area contributed by atoms with Gasteiger partial charge in [0.2, 0.25) is 5.91 Å². The molecule has 4 heterocycles. The highest BCUT2D eigenvalue weighted by Crippen LogP contribution is 2.10. The van der Waals surface area contributed by atoms with Crippen LogP contribution >= 0.6 is 0 Å². The zero-order valence-electron chi connectivity index (χ0n) is 15.8. The lowest BCUT2D eigenvalue weighted by Gasteiger charge is -2.10. The van der Waals surface area contributed by atoms with Crippen molar-refractivity contribution in [2.75, 3.05) is 5.32 Å². The summed E-state index contributed by atoms with van der Waals surface area (Å²) in [5.41, 5.74) is 0.235. The zero-order valence-corrected chi connectivity index (χ0v) is 15.8. The Bertz CT molecular complexity index is 1310. The van der Waals surface area contributed by atoms with Crippen LogP contribution in [0.3, 0.4) is 0 Å². The second-order valence-corrected chi connectivity index (χ2v) is 6.49. The van der Waals surface area contributed by atoms with E-state index in [9.17, 15) is 14.4 Å². The van der Waals surface area contributed by atoms with Gasteiger partial charge in [0, 0.05) is 26.4 Å². The molecule has 0 aliphatic heterocycles. The number of aryl methyl sites for hydroxylation is 1. The van der Waals surface area contributed by atoms with Crippen LogP contribution in [0.25, 0.3) is 11.2 Å². The first-order chi connectivity index (χ1) is 14.0. The Morgan fingerprint density at radius 3 is 2.66 bits per heavy atom. The molecule has 29 heavy (non-hydrogen) atoms. The second-order valence-electron chi connectivity index (χ2n) is 6.49. The van der Waals surface area contributed by atoms with Crippen LogP contribution in [0.5, 0.6) is 0 Å². The normalized spacial score (nSPS) is 11.1. The van der Waals surface area contributed by atoms with Crippen molar-refractivity contribution in [3.8, 4) is 0 Å². The number of hydrogen-bond donors (Lipinski definition) is 1. The van der Waals surface area contributed by atoms with Gasteiger partial charge in [0.1, 0.15) is 12.4 Å². The Morgan fingerprint density at radius 1 is 1.07 bits per heavy atom. The second kappa shape index (κ2) is 7.19. The SMILES string of the molecule is Cn1c(=O)c2c(ncn2CC(=O)Nc2ccnn2Cc2ccccn2)n(C)c1=O. The summed E-state index contributed by atoms with van der Waals surface area (Å²) in [7, 11) is 2.91. The predicted octanol–water partition coefficient (Wildman–Crippen LogP) is -0.288. The molecule has 11 nitrogen and oxygen atoms in total. The van der Waals surface area contributed by atoms with Gasteiger partial charge in [-0.1, -0.05) is 6.07 Å². The molecule has 0 unspecified atom stereocenters. The lowest BCUT2D eigenvalue weighted by atomic mass is 10.3. The lowest BCUT2D eigenvalue weighted by molar-refractivity contribution is -0.116. The van der Waals surface area contributed by atoms with Crippen molar-refractivity contribution in [1.29, 1.82) is 0 Å². The molecular weight excluding hydrogens is 376 g/mol. The molecule has 148 valence electrons. The molecule has 0 bridgehead atoms. The van der Waals surface area contributed by atoms with E-state index in [1.54, 1.807) is 23.1 Å². The number of anilines is 1. The molecule has 4 aromatic rings. The minimum Gasteiger partial charge on any atom is -0.315 e. The first-order valence-corrected chi connectivity index (χ1v) is 8.78. The van der Waals surface area contributed by atoms with E-state index >= 15 is 0 Å². The fourth-order valence-electron chi connectivity index (χ4n) is 3.06. The first kappa shape index (κ1) is 18.3. The van der Waals surface area contributed by atoms with E-state index in [0.717, 1.165) is 10.3 Å². The number of aromatic nitrogens is 7. The Morgan fingerprint density at radius 2 is 1.90 bits per heavy atom. The highest BCUT2D eigenvalue weighted by atomic mass is 16.2. The van der Waals surface area contributed by atoms with E-state index in [1.165, 1.54) is 29.6 Å². The van der Waals surface area contributed by atoms with Crippen LogP contribution in [0.1, 0.15) is 5.69 Å². The number of imidazole rings is 1. The van der Waals surface area contributed by atoms with E-state index in [-0.39, 0.29) is 23.6 Å². The Balaban J connectivity index is 1.57. The molecule has 0 saturated heterocycles. The van der Waals surface area contributed by atoms with Gasteiger partial charge in [-0.25, -0.2) is 14.5 Å². The van der Waals surface area contributed by atoms with Gasteiger partial charge < -0.3 is 9.88 Å².